The smallest absolute Gasteiger partial charge is 0.0595 e. The van der Waals surface area contributed by atoms with Crippen LogP contribution < -0.4 is 5.73 Å². The molecule has 1 aliphatic carbocycles. The van der Waals surface area contributed by atoms with Crippen LogP contribution in [0.25, 0.3) is 0 Å². The summed E-state index contributed by atoms with van der Waals surface area (Å²) in [6, 6.07) is 9.29. The van der Waals surface area contributed by atoms with E-state index in [1.54, 1.807) is 0 Å². The Bertz CT molecular complexity index is 436. The number of piperidine rings is 1. The summed E-state index contributed by atoms with van der Waals surface area (Å²) in [6.45, 7) is 2.90. The molecular weight excluding hydrogens is 248 g/mol. The van der Waals surface area contributed by atoms with Crippen LogP contribution in [0.4, 0.5) is 0 Å². The Hall–Kier alpha value is -0.900. The lowest BCUT2D eigenvalue weighted by Gasteiger charge is -2.37. The molecule has 1 unspecified atom stereocenters. The lowest BCUT2D eigenvalue weighted by atomic mass is 9.94. The van der Waals surface area contributed by atoms with Gasteiger partial charge in [0.05, 0.1) is 6.10 Å². The van der Waals surface area contributed by atoms with Crippen molar-refractivity contribution < 1.29 is 4.74 Å². The van der Waals surface area contributed by atoms with E-state index < -0.39 is 0 Å². The Balaban J connectivity index is 1.76. The van der Waals surface area contributed by atoms with Gasteiger partial charge in [0.1, 0.15) is 0 Å². The highest BCUT2D eigenvalue weighted by atomic mass is 16.5. The van der Waals surface area contributed by atoms with E-state index in [1.807, 2.05) is 7.11 Å². The Kier molecular flexibility index (Phi) is 4.39. The maximum Gasteiger partial charge on any atom is 0.0595 e. The Labute approximate surface area is 122 Å². The second kappa shape index (κ2) is 6.25. The first-order valence-corrected chi connectivity index (χ1v) is 7.89. The monoisotopic (exact) mass is 274 g/mol. The van der Waals surface area contributed by atoms with E-state index in [2.05, 4.69) is 29.2 Å². The maximum atomic E-state index is 6.12. The van der Waals surface area contributed by atoms with Crippen molar-refractivity contribution in [2.45, 2.75) is 43.7 Å². The predicted octanol–water partition coefficient (Wildman–Crippen LogP) is 2.67. The highest BCUT2D eigenvalue weighted by molar-refractivity contribution is 5.36. The molecule has 1 saturated carbocycles. The van der Waals surface area contributed by atoms with Crippen LogP contribution in [0.1, 0.15) is 48.8 Å². The van der Waals surface area contributed by atoms with E-state index in [4.69, 9.17) is 10.5 Å². The van der Waals surface area contributed by atoms with Gasteiger partial charge in [-0.15, -0.1) is 0 Å². The Morgan fingerprint density at radius 3 is 2.50 bits per heavy atom. The number of rotatable bonds is 5. The number of benzene rings is 1. The van der Waals surface area contributed by atoms with Gasteiger partial charge in [0, 0.05) is 32.8 Å². The van der Waals surface area contributed by atoms with Gasteiger partial charge in [-0.05, 0) is 42.7 Å². The van der Waals surface area contributed by atoms with Gasteiger partial charge in [0.25, 0.3) is 0 Å². The van der Waals surface area contributed by atoms with E-state index in [-0.39, 0.29) is 0 Å². The molecule has 3 heteroatoms. The fourth-order valence-electron chi connectivity index (χ4n) is 3.48. The minimum absolute atomic E-state index is 0.379. The maximum absolute atomic E-state index is 6.12. The third-order valence-corrected chi connectivity index (χ3v) is 4.85. The molecule has 0 spiro atoms. The molecule has 0 aromatic heterocycles. The van der Waals surface area contributed by atoms with E-state index in [1.165, 1.54) is 24.0 Å². The van der Waals surface area contributed by atoms with Gasteiger partial charge in [-0.25, -0.2) is 0 Å². The van der Waals surface area contributed by atoms with Crippen LogP contribution in [0, 0.1) is 0 Å². The average Bonchev–Trinajstić information content (AvgIpc) is 3.34. The first-order chi connectivity index (χ1) is 9.83. The van der Waals surface area contributed by atoms with Gasteiger partial charge in [-0.3, -0.25) is 4.90 Å². The highest BCUT2D eigenvalue weighted by Gasteiger charge is 2.31. The fourth-order valence-corrected chi connectivity index (χ4v) is 3.48. The molecule has 2 fully saturated rings. The average molecular weight is 274 g/mol. The molecule has 2 N–H and O–H groups in total. The number of nitrogens with two attached hydrogens (primary N) is 1. The largest absolute Gasteiger partial charge is 0.381 e. The van der Waals surface area contributed by atoms with E-state index in [0.717, 1.165) is 31.8 Å². The Morgan fingerprint density at radius 1 is 1.20 bits per heavy atom. The van der Waals surface area contributed by atoms with Crippen LogP contribution in [0.5, 0.6) is 0 Å². The standard InChI is InChI=1S/C17H26N2O/c1-20-14-8-10-19(11-9-14)17(12-18)16-5-3-2-4-15(16)13-6-7-13/h2-5,13-14,17H,6-12,18H2,1H3. The molecule has 3 nitrogen and oxygen atoms in total. The molecule has 1 heterocycles. The molecular formula is C17H26N2O. The fraction of sp³-hybridized carbons (Fsp3) is 0.647. The van der Waals surface area contributed by atoms with Crippen LogP contribution in [-0.2, 0) is 4.74 Å². The van der Waals surface area contributed by atoms with Crippen LogP contribution in [-0.4, -0.2) is 37.7 Å². The summed E-state index contributed by atoms with van der Waals surface area (Å²) in [5, 5.41) is 0. The van der Waals surface area contributed by atoms with Crippen LogP contribution in [0.3, 0.4) is 0 Å². The lowest BCUT2D eigenvalue weighted by molar-refractivity contribution is 0.0279. The van der Waals surface area contributed by atoms with Crippen molar-refractivity contribution in [2.24, 2.45) is 5.73 Å². The van der Waals surface area contributed by atoms with Crippen molar-refractivity contribution >= 4 is 0 Å². The molecule has 0 radical (unpaired) electrons. The first-order valence-electron chi connectivity index (χ1n) is 7.89. The summed E-state index contributed by atoms with van der Waals surface area (Å²) >= 11 is 0. The summed E-state index contributed by atoms with van der Waals surface area (Å²) in [5.41, 5.74) is 9.12. The van der Waals surface area contributed by atoms with Crippen LogP contribution in [0.2, 0.25) is 0 Å². The summed E-state index contributed by atoms with van der Waals surface area (Å²) in [4.78, 5) is 2.55. The zero-order valence-corrected chi connectivity index (χ0v) is 12.4. The molecule has 1 aromatic carbocycles. The molecule has 3 rings (SSSR count). The summed E-state index contributed by atoms with van der Waals surface area (Å²) in [5.74, 6) is 0.789. The summed E-state index contributed by atoms with van der Waals surface area (Å²) in [6.07, 6.45) is 5.38. The van der Waals surface area contributed by atoms with E-state index >= 15 is 0 Å². The zero-order chi connectivity index (χ0) is 13.9. The first kappa shape index (κ1) is 14.1. The topological polar surface area (TPSA) is 38.5 Å². The third-order valence-electron chi connectivity index (χ3n) is 4.85. The molecule has 1 aromatic rings. The normalized spacial score (nSPS) is 22.9. The molecule has 0 amide bonds. The molecule has 20 heavy (non-hydrogen) atoms. The number of methoxy groups -OCH3 is 1. The molecule has 0 bridgehead atoms. The summed E-state index contributed by atoms with van der Waals surface area (Å²) in [7, 11) is 1.82. The number of ether oxygens (including phenoxy) is 1. The van der Waals surface area contributed by atoms with E-state index in [0.29, 0.717) is 18.7 Å². The Morgan fingerprint density at radius 2 is 1.90 bits per heavy atom. The third kappa shape index (κ3) is 2.90. The van der Waals surface area contributed by atoms with Crippen LogP contribution in [0.15, 0.2) is 24.3 Å². The van der Waals surface area contributed by atoms with Gasteiger partial charge >= 0.3 is 0 Å². The van der Waals surface area contributed by atoms with Gasteiger partial charge in [-0.1, -0.05) is 24.3 Å². The lowest BCUT2D eigenvalue weighted by Crippen LogP contribution is -2.42. The minimum atomic E-state index is 0.379. The number of likely N-dealkylation sites (tertiary alicyclic amines) is 1. The van der Waals surface area contributed by atoms with E-state index in [9.17, 15) is 0 Å². The molecule has 1 aliphatic heterocycles. The molecule has 1 atom stereocenters. The second-order valence-corrected chi connectivity index (χ2v) is 6.13. The van der Waals surface area contributed by atoms with Crippen molar-refractivity contribution in [1.82, 2.24) is 4.90 Å². The SMILES string of the molecule is COC1CCN(C(CN)c2ccccc2C2CC2)CC1. The van der Waals surface area contributed by atoms with Crippen molar-refractivity contribution in [3.05, 3.63) is 35.4 Å². The molecule has 2 aliphatic rings. The second-order valence-electron chi connectivity index (χ2n) is 6.13. The number of nitrogens with zero attached hydrogens (tertiary/aromatic N) is 1. The van der Waals surface area contributed by atoms with Crippen molar-refractivity contribution in [3.63, 3.8) is 0 Å². The van der Waals surface area contributed by atoms with Gasteiger partial charge in [0.15, 0.2) is 0 Å². The zero-order valence-electron chi connectivity index (χ0n) is 12.4. The quantitative estimate of drug-likeness (QED) is 0.897. The van der Waals surface area contributed by atoms with Gasteiger partial charge in [0.2, 0.25) is 0 Å². The highest BCUT2D eigenvalue weighted by Crippen LogP contribution is 2.43. The van der Waals surface area contributed by atoms with Crippen molar-refractivity contribution in [2.75, 3.05) is 26.7 Å². The number of hydrogen-bond donors (Lipinski definition) is 1. The van der Waals surface area contributed by atoms with Gasteiger partial charge < -0.3 is 10.5 Å². The predicted molar refractivity (Wildman–Crippen MR) is 81.8 cm³/mol. The van der Waals surface area contributed by atoms with Crippen LogP contribution >= 0.6 is 0 Å². The summed E-state index contributed by atoms with van der Waals surface area (Å²) < 4.78 is 5.47. The molecule has 1 saturated heterocycles. The van der Waals surface area contributed by atoms with Crippen molar-refractivity contribution in [3.8, 4) is 0 Å². The van der Waals surface area contributed by atoms with Gasteiger partial charge in [-0.2, -0.15) is 0 Å². The number of hydrogen-bond acceptors (Lipinski definition) is 3. The molecule has 110 valence electrons. The van der Waals surface area contributed by atoms with Crippen molar-refractivity contribution in [1.29, 1.82) is 0 Å². The minimum Gasteiger partial charge on any atom is -0.381 e.